The predicted molar refractivity (Wildman–Crippen MR) is 123 cm³/mol. The van der Waals surface area contributed by atoms with Crippen LogP contribution in [0.4, 0.5) is 18.9 Å². The second-order valence-electron chi connectivity index (χ2n) is 8.51. The zero-order valence-electron chi connectivity index (χ0n) is 19.5. The maximum Gasteiger partial charge on any atom is 0.435 e. The number of hydrogen-bond acceptors (Lipinski definition) is 9. The van der Waals surface area contributed by atoms with Crippen LogP contribution in [0.2, 0.25) is 0 Å². The number of nitrogens with one attached hydrogen (secondary N) is 1. The Morgan fingerprint density at radius 2 is 1.86 bits per heavy atom. The Balaban J connectivity index is 1.69. The topological polar surface area (TPSA) is 148 Å². The van der Waals surface area contributed by atoms with Gasteiger partial charge in [0.1, 0.15) is 11.0 Å². The first-order valence-corrected chi connectivity index (χ1v) is 12.7. The van der Waals surface area contributed by atoms with Gasteiger partial charge in [0, 0.05) is 18.0 Å². The smallest absolute Gasteiger partial charge is 0.417 e. The number of sulfone groups is 1. The zero-order valence-corrected chi connectivity index (χ0v) is 20.3. The molecule has 1 aliphatic rings. The lowest BCUT2D eigenvalue weighted by Crippen LogP contribution is -2.33. The van der Waals surface area contributed by atoms with Crippen LogP contribution < -0.4 is 10.1 Å². The molecule has 1 amide bonds. The Hall–Kier alpha value is -4.12. The van der Waals surface area contributed by atoms with Crippen molar-refractivity contribution < 1.29 is 31.1 Å². The number of rotatable bonds is 6. The number of benzene rings is 1. The summed E-state index contributed by atoms with van der Waals surface area (Å²) in [7, 11) is -3.61. The van der Waals surface area contributed by atoms with Gasteiger partial charge in [-0.25, -0.2) is 8.42 Å². The first-order valence-electron chi connectivity index (χ1n) is 10.8. The zero-order chi connectivity index (χ0) is 27.0. The van der Waals surface area contributed by atoms with E-state index in [0.29, 0.717) is 18.5 Å². The largest absolute Gasteiger partial charge is 0.435 e. The van der Waals surface area contributed by atoms with Gasteiger partial charge in [-0.3, -0.25) is 4.79 Å². The molecule has 37 heavy (non-hydrogen) atoms. The summed E-state index contributed by atoms with van der Waals surface area (Å²) in [5, 5.41) is 26.4. The molecule has 0 radical (unpaired) electrons. The molecule has 0 spiro atoms. The average Bonchev–Trinajstić information content (AvgIpc) is 2.78. The van der Waals surface area contributed by atoms with Crippen molar-refractivity contribution in [3.8, 4) is 17.8 Å². The number of alkyl halides is 3. The number of nitrogens with zero attached hydrogens (tertiary/aromatic N) is 5. The highest BCUT2D eigenvalue weighted by Gasteiger charge is 2.41. The molecule has 192 valence electrons. The van der Waals surface area contributed by atoms with E-state index in [1.807, 2.05) is 0 Å². The molecule has 10 nitrogen and oxygen atoms in total. The molecule has 4 rings (SSSR count). The fourth-order valence-corrected chi connectivity index (χ4v) is 4.46. The second kappa shape index (κ2) is 9.40. The maximum atomic E-state index is 13.5. The van der Waals surface area contributed by atoms with Crippen molar-refractivity contribution in [2.45, 2.75) is 42.7 Å². The average molecular weight is 533 g/mol. The third-order valence-electron chi connectivity index (χ3n) is 5.95. The summed E-state index contributed by atoms with van der Waals surface area (Å²) in [6.07, 6.45) is -1.79. The van der Waals surface area contributed by atoms with Crippen LogP contribution >= 0.6 is 0 Å². The number of carbonyl (C=O) groups is 1. The van der Waals surface area contributed by atoms with Crippen molar-refractivity contribution in [3.05, 3.63) is 58.9 Å². The molecule has 1 fully saturated rings. The lowest BCUT2D eigenvalue weighted by atomic mass is 9.68. The van der Waals surface area contributed by atoms with Gasteiger partial charge < -0.3 is 10.1 Å². The van der Waals surface area contributed by atoms with Crippen LogP contribution in [-0.4, -0.2) is 41.0 Å². The second-order valence-corrected chi connectivity index (χ2v) is 10.5. The molecular formula is C23H19F3N6O4S. The number of carbonyl (C=O) groups excluding carboxylic acids is 1. The van der Waals surface area contributed by atoms with Crippen LogP contribution in [0.15, 0.2) is 41.3 Å². The Kier molecular flexibility index (Phi) is 6.59. The van der Waals surface area contributed by atoms with E-state index in [-0.39, 0.29) is 16.5 Å². The molecule has 1 N–H and O–H groups in total. The van der Waals surface area contributed by atoms with Crippen LogP contribution in [0, 0.1) is 18.3 Å². The molecule has 3 aromatic rings. The summed E-state index contributed by atoms with van der Waals surface area (Å²) in [6.45, 7) is 1.04. The van der Waals surface area contributed by atoms with Gasteiger partial charge in [0.15, 0.2) is 15.5 Å². The minimum Gasteiger partial charge on any atom is -0.417 e. The number of anilines is 1. The quantitative estimate of drug-likeness (QED) is 0.497. The maximum absolute atomic E-state index is 13.5. The molecule has 0 unspecified atom stereocenters. The highest BCUT2D eigenvalue weighted by molar-refractivity contribution is 7.90. The summed E-state index contributed by atoms with van der Waals surface area (Å²) in [4.78, 5) is 13.0. The molecule has 1 aromatic carbocycles. The molecule has 0 saturated heterocycles. The van der Waals surface area contributed by atoms with Gasteiger partial charge in [0.2, 0.25) is 5.88 Å². The van der Waals surface area contributed by atoms with Gasteiger partial charge in [-0.15, -0.1) is 15.3 Å². The van der Waals surface area contributed by atoms with E-state index in [1.54, 1.807) is 0 Å². The molecule has 2 aromatic heterocycles. The number of ether oxygens (including phenoxy) is 1. The standard InChI is InChI=1S/C23H19F3N6O4S/c1-13-18(20(33)28-14-5-3-6-15(11-14)37(2,34)35)21(32-31-19(13)23(24,25)26)36-17-8-7-16(29-30-17)22(12-27)9-4-10-22/h3,5-8,11H,4,9-10H2,1-2H3,(H,28,33). The number of nitriles is 1. The number of halogens is 3. The Morgan fingerprint density at radius 3 is 2.41 bits per heavy atom. The van der Waals surface area contributed by atoms with E-state index in [2.05, 4.69) is 31.8 Å². The van der Waals surface area contributed by atoms with Crippen molar-refractivity contribution in [1.82, 2.24) is 20.4 Å². The number of amides is 1. The van der Waals surface area contributed by atoms with E-state index in [9.17, 15) is 31.6 Å². The van der Waals surface area contributed by atoms with Crippen LogP contribution in [0.5, 0.6) is 11.8 Å². The number of aromatic nitrogens is 4. The van der Waals surface area contributed by atoms with Crippen molar-refractivity contribution in [2.75, 3.05) is 11.6 Å². The summed E-state index contributed by atoms with van der Waals surface area (Å²) < 4.78 is 69.7. The van der Waals surface area contributed by atoms with Gasteiger partial charge in [0.25, 0.3) is 11.8 Å². The van der Waals surface area contributed by atoms with Gasteiger partial charge in [-0.2, -0.15) is 23.5 Å². The fraction of sp³-hybridized carbons (Fsp3) is 0.304. The summed E-state index contributed by atoms with van der Waals surface area (Å²) in [5.74, 6) is -1.79. The molecule has 0 atom stereocenters. The highest BCUT2D eigenvalue weighted by atomic mass is 32.2. The normalized spacial score (nSPS) is 14.8. The minimum atomic E-state index is -4.91. The van der Waals surface area contributed by atoms with Crippen LogP contribution in [0.1, 0.15) is 46.6 Å². The fourth-order valence-electron chi connectivity index (χ4n) is 3.79. The Morgan fingerprint density at radius 1 is 1.14 bits per heavy atom. The monoisotopic (exact) mass is 532 g/mol. The van der Waals surface area contributed by atoms with Gasteiger partial charge in [-0.05, 0) is 56.0 Å². The molecule has 2 heterocycles. The van der Waals surface area contributed by atoms with Gasteiger partial charge in [-0.1, -0.05) is 6.07 Å². The van der Waals surface area contributed by atoms with E-state index >= 15 is 0 Å². The van der Waals surface area contributed by atoms with Crippen molar-refractivity contribution in [3.63, 3.8) is 0 Å². The molecule has 1 aliphatic carbocycles. The van der Waals surface area contributed by atoms with E-state index in [1.165, 1.54) is 30.3 Å². The first-order chi connectivity index (χ1) is 17.3. The molecule has 0 aliphatic heterocycles. The highest BCUT2D eigenvalue weighted by Crippen LogP contribution is 2.42. The SMILES string of the molecule is Cc1c(C(F)(F)F)nnc(Oc2ccc(C3(C#N)CCC3)nn2)c1C(=O)Nc1cccc(S(C)(=O)=O)c1. The number of hydrogen-bond donors (Lipinski definition) is 1. The molecule has 1 saturated carbocycles. The van der Waals surface area contributed by atoms with E-state index in [4.69, 9.17) is 4.74 Å². The molecule has 14 heteroatoms. The minimum absolute atomic E-state index is 0.0232. The van der Waals surface area contributed by atoms with E-state index in [0.717, 1.165) is 25.7 Å². The van der Waals surface area contributed by atoms with Crippen LogP contribution in [-0.2, 0) is 21.4 Å². The lowest BCUT2D eigenvalue weighted by Gasteiger charge is -2.33. The van der Waals surface area contributed by atoms with Crippen molar-refractivity contribution >= 4 is 21.4 Å². The first kappa shape index (κ1) is 26.0. The van der Waals surface area contributed by atoms with E-state index < -0.39 is 50.0 Å². The third-order valence-corrected chi connectivity index (χ3v) is 7.06. The Bertz CT molecular complexity index is 1510. The third kappa shape index (κ3) is 5.21. The predicted octanol–water partition coefficient (Wildman–Crippen LogP) is 3.99. The van der Waals surface area contributed by atoms with Gasteiger partial charge >= 0.3 is 6.18 Å². The van der Waals surface area contributed by atoms with Crippen LogP contribution in [0.3, 0.4) is 0 Å². The molecule has 0 bridgehead atoms. The van der Waals surface area contributed by atoms with Crippen molar-refractivity contribution in [1.29, 1.82) is 5.26 Å². The van der Waals surface area contributed by atoms with Crippen molar-refractivity contribution in [2.24, 2.45) is 0 Å². The van der Waals surface area contributed by atoms with Crippen LogP contribution in [0.25, 0.3) is 0 Å². The Labute approximate surface area is 209 Å². The lowest BCUT2D eigenvalue weighted by molar-refractivity contribution is -0.142. The van der Waals surface area contributed by atoms with Gasteiger partial charge in [0.05, 0.1) is 16.7 Å². The summed E-state index contributed by atoms with van der Waals surface area (Å²) in [5.41, 5.74) is -2.80. The molecular weight excluding hydrogens is 513 g/mol. The summed E-state index contributed by atoms with van der Waals surface area (Å²) >= 11 is 0. The summed E-state index contributed by atoms with van der Waals surface area (Å²) in [6, 6.07) is 10.3.